The van der Waals surface area contributed by atoms with E-state index in [9.17, 15) is 9.59 Å². The van der Waals surface area contributed by atoms with Gasteiger partial charge in [-0.25, -0.2) is 4.98 Å². The molecular weight excluding hydrogens is 332 g/mol. The van der Waals surface area contributed by atoms with E-state index in [1.54, 1.807) is 11.0 Å². The lowest BCUT2D eigenvalue weighted by atomic mass is 9.84. The Morgan fingerprint density at radius 1 is 1.27 bits per heavy atom. The molecule has 3 heterocycles. The van der Waals surface area contributed by atoms with E-state index in [1.165, 1.54) is 6.33 Å². The first-order valence-electron chi connectivity index (χ1n) is 8.87. The average molecular weight is 354 g/mol. The lowest BCUT2D eigenvalue weighted by Crippen LogP contribution is -2.59. The maximum absolute atomic E-state index is 12.7. The zero-order valence-electron chi connectivity index (χ0n) is 14.7. The van der Waals surface area contributed by atoms with E-state index in [4.69, 9.17) is 0 Å². The Labute approximate surface area is 151 Å². The molecule has 1 fully saturated rings. The van der Waals surface area contributed by atoms with Gasteiger partial charge < -0.3 is 15.5 Å². The van der Waals surface area contributed by atoms with Crippen LogP contribution in [0.2, 0.25) is 0 Å². The van der Waals surface area contributed by atoms with Gasteiger partial charge in [-0.15, -0.1) is 0 Å². The number of para-hydroxylation sites is 2. The number of aromatic nitrogens is 3. The molecule has 1 spiro atoms. The Morgan fingerprint density at radius 2 is 2.00 bits per heavy atom. The van der Waals surface area contributed by atoms with Gasteiger partial charge in [0, 0.05) is 13.1 Å². The number of amides is 2. The monoisotopic (exact) mass is 354 g/mol. The Bertz CT molecular complexity index is 811. The maximum atomic E-state index is 12.7. The lowest BCUT2D eigenvalue weighted by molar-refractivity contribution is -0.138. The van der Waals surface area contributed by atoms with E-state index < -0.39 is 5.54 Å². The first kappa shape index (κ1) is 16.6. The van der Waals surface area contributed by atoms with Crippen LogP contribution in [-0.2, 0) is 16.1 Å². The second-order valence-electron chi connectivity index (χ2n) is 7.05. The van der Waals surface area contributed by atoms with Crippen molar-refractivity contribution in [1.82, 2.24) is 19.7 Å². The molecule has 0 unspecified atom stereocenters. The van der Waals surface area contributed by atoms with E-state index in [0.717, 1.165) is 11.4 Å². The lowest BCUT2D eigenvalue weighted by Gasteiger charge is -2.44. The van der Waals surface area contributed by atoms with Crippen LogP contribution >= 0.6 is 0 Å². The largest absolute Gasteiger partial charge is 0.369 e. The smallest absolute Gasteiger partial charge is 0.250 e. The molecule has 2 aliphatic heterocycles. The fourth-order valence-electron chi connectivity index (χ4n) is 3.72. The maximum Gasteiger partial charge on any atom is 0.250 e. The molecule has 2 amide bonds. The van der Waals surface area contributed by atoms with E-state index in [1.807, 2.05) is 36.1 Å². The molecule has 0 saturated carbocycles. The van der Waals surface area contributed by atoms with Crippen molar-refractivity contribution < 1.29 is 9.59 Å². The molecule has 1 saturated heterocycles. The number of carbonyl (C=O) groups excluding carboxylic acids is 2. The molecule has 1 atom stereocenters. The van der Waals surface area contributed by atoms with Gasteiger partial charge in [0.2, 0.25) is 11.8 Å². The summed E-state index contributed by atoms with van der Waals surface area (Å²) >= 11 is 0. The fourth-order valence-corrected chi connectivity index (χ4v) is 3.72. The number of carbonyl (C=O) groups is 2. The van der Waals surface area contributed by atoms with Crippen molar-refractivity contribution in [1.29, 1.82) is 0 Å². The topological polar surface area (TPSA) is 92.2 Å². The minimum Gasteiger partial charge on any atom is -0.369 e. The molecule has 2 N–H and O–H groups in total. The van der Waals surface area contributed by atoms with Gasteiger partial charge in [-0.3, -0.25) is 14.3 Å². The number of hydrogen-bond donors (Lipinski definition) is 2. The highest BCUT2D eigenvalue weighted by Crippen LogP contribution is 2.36. The summed E-state index contributed by atoms with van der Waals surface area (Å²) in [4.78, 5) is 31.1. The fraction of sp³-hybridized carbons (Fsp3) is 0.444. The normalized spacial score (nSPS) is 19.4. The summed E-state index contributed by atoms with van der Waals surface area (Å²) in [6.07, 6.45) is 4.26. The molecule has 4 rings (SSSR count). The number of fused-ring (bicyclic) bond motifs is 1. The van der Waals surface area contributed by atoms with Gasteiger partial charge in [0.25, 0.3) is 0 Å². The van der Waals surface area contributed by atoms with Crippen LogP contribution < -0.4 is 10.6 Å². The second-order valence-corrected chi connectivity index (χ2v) is 7.05. The van der Waals surface area contributed by atoms with Crippen LogP contribution in [-0.4, -0.2) is 50.1 Å². The first-order valence-corrected chi connectivity index (χ1v) is 8.87. The number of likely N-dealkylation sites (tertiary alicyclic amines) is 1. The Balaban J connectivity index is 1.41. The predicted molar refractivity (Wildman–Crippen MR) is 96.4 cm³/mol. The number of anilines is 2. The summed E-state index contributed by atoms with van der Waals surface area (Å²) in [6, 6.07) is 7.70. The summed E-state index contributed by atoms with van der Waals surface area (Å²) in [5, 5.41) is 10.5. The molecule has 0 radical (unpaired) electrons. The highest BCUT2D eigenvalue weighted by atomic mass is 16.2. The molecule has 26 heavy (non-hydrogen) atoms. The Hall–Kier alpha value is -2.90. The molecule has 0 bridgehead atoms. The van der Waals surface area contributed by atoms with Crippen molar-refractivity contribution in [3.8, 4) is 0 Å². The Morgan fingerprint density at radius 3 is 2.69 bits per heavy atom. The number of nitrogens with zero attached hydrogens (tertiary/aromatic N) is 4. The van der Waals surface area contributed by atoms with Crippen molar-refractivity contribution in [2.45, 2.75) is 31.8 Å². The highest BCUT2D eigenvalue weighted by Gasteiger charge is 2.45. The van der Waals surface area contributed by atoms with Gasteiger partial charge in [-0.05, 0) is 25.0 Å². The third-order valence-electron chi connectivity index (χ3n) is 5.26. The van der Waals surface area contributed by atoms with Crippen LogP contribution in [0.4, 0.5) is 11.4 Å². The zero-order valence-corrected chi connectivity index (χ0v) is 14.7. The third-order valence-corrected chi connectivity index (χ3v) is 5.26. The number of rotatable bonds is 3. The van der Waals surface area contributed by atoms with Crippen molar-refractivity contribution in [3.63, 3.8) is 0 Å². The Kier molecular flexibility index (Phi) is 4.10. The summed E-state index contributed by atoms with van der Waals surface area (Å²) in [5.74, 6) is -0.106. The molecule has 1 aromatic carbocycles. The minimum atomic E-state index is -0.639. The van der Waals surface area contributed by atoms with Crippen molar-refractivity contribution in [2.75, 3.05) is 23.7 Å². The van der Waals surface area contributed by atoms with E-state index in [-0.39, 0.29) is 17.7 Å². The molecule has 136 valence electrons. The standard InChI is InChI=1S/C18H22N6O2/c1-13(10-24-12-19-11-20-24)16(25)23-8-6-18(7-9-23)17(26)21-14-4-2-3-5-15(14)22-18/h2-5,11-13,22H,6-10H2,1H3,(H,21,26)/t13-/m1/s1. The van der Waals surface area contributed by atoms with Crippen LogP contribution in [0.15, 0.2) is 36.9 Å². The van der Waals surface area contributed by atoms with Crippen molar-refractivity contribution in [3.05, 3.63) is 36.9 Å². The predicted octanol–water partition coefficient (Wildman–Crippen LogP) is 1.34. The van der Waals surface area contributed by atoms with Crippen molar-refractivity contribution in [2.24, 2.45) is 5.92 Å². The van der Waals surface area contributed by atoms with Crippen LogP contribution in [0, 0.1) is 5.92 Å². The van der Waals surface area contributed by atoms with Gasteiger partial charge in [0.1, 0.15) is 18.2 Å². The summed E-state index contributed by atoms with van der Waals surface area (Å²) < 4.78 is 1.67. The van der Waals surface area contributed by atoms with Gasteiger partial charge >= 0.3 is 0 Å². The average Bonchev–Trinajstić information content (AvgIpc) is 3.16. The molecule has 0 aliphatic carbocycles. The number of benzene rings is 1. The summed E-state index contributed by atoms with van der Waals surface area (Å²) in [7, 11) is 0. The molecular formula is C18H22N6O2. The quantitative estimate of drug-likeness (QED) is 0.868. The second kappa shape index (κ2) is 6.44. The highest BCUT2D eigenvalue weighted by molar-refractivity contribution is 6.06. The first-order chi connectivity index (χ1) is 12.6. The number of piperidine rings is 1. The molecule has 2 aromatic rings. The van der Waals surface area contributed by atoms with Crippen LogP contribution in [0.1, 0.15) is 19.8 Å². The number of hydrogen-bond acceptors (Lipinski definition) is 5. The van der Waals surface area contributed by atoms with Gasteiger partial charge in [-0.1, -0.05) is 19.1 Å². The number of nitrogens with one attached hydrogen (secondary N) is 2. The molecule has 8 heteroatoms. The van der Waals surface area contributed by atoms with Crippen LogP contribution in [0.25, 0.3) is 0 Å². The third kappa shape index (κ3) is 2.91. The molecule has 8 nitrogen and oxygen atoms in total. The van der Waals surface area contributed by atoms with Gasteiger partial charge in [0.05, 0.1) is 23.8 Å². The summed E-state index contributed by atoms with van der Waals surface area (Å²) in [6.45, 7) is 3.52. The molecule has 2 aliphatic rings. The van der Waals surface area contributed by atoms with E-state index in [0.29, 0.717) is 32.5 Å². The molecule has 1 aromatic heterocycles. The van der Waals surface area contributed by atoms with Crippen molar-refractivity contribution >= 4 is 23.2 Å². The minimum absolute atomic E-state index is 0.0148. The van der Waals surface area contributed by atoms with E-state index in [2.05, 4.69) is 20.7 Å². The van der Waals surface area contributed by atoms with Crippen LogP contribution in [0.5, 0.6) is 0 Å². The SMILES string of the molecule is C[C@H](Cn1cncn1)C(=O)N1CCC2(CC1)Nc1ccccc1NC2=O. The zero-order chi connectivity index (χ0) is 18.1. The van der Waals surface area contributed by atoms with Gasteiger partial charge in [0.15, 0.2) is 0 Å². The summed E-state index contributed by atoms with van der Waals surface area (Å²) in [5.41, 5.74) is 1.11. The van der Waals surface area contributed by atoms with E-state index >= 15 is 0 Å². The van der Waals surface area contributed by atoms with Crippen LogP contribution in [0.3, 0.4) is 0 Å². The van der Waals surface area contributed by atoms with Gasteiger partial charge in [-0.2, -0.15) is 5.10 Å².